The molecule has 4 rings (SSSR count). The highest BCUT2D eigenvalue weighted by atomic mass is 35.5. The second-order valence-electron chi connectivity index (χ2n) is 6.38. The molecule has 152 valence electrons. The van der Waals surface area contributed by atoms with E-state index in [0.717, 1.165) is 3.97 Å². The third-order valence-corrected chi connectivity index (χ3v) is 6.85. The van der Waals surface area contributed by atoms with Crippen molar-refractivity contribution < 1.29 is 13.3 Å². The fourth-order valence-electron chi connectivity index (χ4n) is 3.24. The fraction of sp³-hybridized carbons (Fsp3) is 0.0526. The van der Waals surface area contributed by atoms with Gasteiger partial charge in [-0.25, -0.2) is 22.4 Å². The van der Waals surface area contributed by atoms with E-state index in [2.05, 4.69) is 9.97 Å². The number of aromatic nitrogens is 3. The molecule has 2 heterocycles. The number of halogens is 2. The van der Waals surface area contributed by atoms with Crippen LogP contribution < -0.4 is 0 Å². The van der Waals surface area contributed by atoms with Gasteiger partial charge in [-0.15, -0.1) is 0 Å². The molecule has 0 aliphatic carbocycles. The lowest BCUT2D eigenvalue weighted by Crippen LogP contribution is -2.13. The van der Waals surface area contributed by atoms with E-state index in [-0.39, 0.29) is 43.0 Å². The van der Waals surface area contributed by atoms with Crippen LogP contribution in [0.15, 0.2) is 59.8 Å². The van der Waals surface area contributed by atoms with Gasteiger partial charge in [-0.1, -0.05) is 41.9 Å². The Labute approximate surface area is 180 Å². The highest BCUT2D eigenvalue weighted by molar-refractivity contribution is 7.90. The number of hydrogen-bond donors (Lipinski definition) is 0. The second-order valence-corrected chi connectivity index (χ2v) is 8.90. The molecule has 0 saturated carbocycles. The molecule has 11 heteroatoms. The fourth-order valence-corrected chi connectivity index (χ4v) is 5.18. The number of fused-ring (bicyclic) bond motifs is 1. The van der Waals surface area contributed by atoms with Crippen molar-refractivity contribution in [3.63, 3.8) is 0 Å². The Morgan fingerprint density at radius 1 is 1.10 bits per heavy atom. The molecule has 0 saturated heterocycles. The summed E-state index contributed by atoms with van der Waals surface area (Å²) in [5, 5.41) is 12.0. The average Bonchev–Trinajstić information content (AvgIpc) is 3.10. The lowest BCUT2D eigenvalue weighted by molar-refractivity contribution is -0.383. The quantitative estimate of drug-likeness (QED) is 0.243. The van der Waals surface area contributed by atoms with E-state index in [1.54, 1.807) is 31.2 Å². The molecule has 2 aromatic heterocycles. The van der Waals surface area contributed by atoms with Gasteiger partial charge in [0.15, 0.2) is 0 Å². The molecule has 8 nitrogen and oxygen atoms in total. The summed E-state index contributed by atoms with van der Waals surface area (Å²) in [6, 6.07) is 10.7. The van der Waals surface area contributed by atoms with Crippen LogP contribution in [0.5, 0.6) is 0 Å². The summed E-state index contributed by atoms with van der Waals surface area (Å²) in [7, 11) is -4.17. The van der Waals surface area contributed by atoms with Crippen molar-refractivity contribution in [2.45, 2.75) is 11.8 Å². The summed E-state index contributed by atoms with van der Waals surface area (Å²) in [4.78, 5) is 19.0. The van der Waals surface area contributed by atoms with Crippen molar-refractivity contribution in [2.24, 2.45) is 0 Å². The van der Waals surface area contributed by atoms with E-state index in [9.17, 15) is 18.5 Å². The summed E-state index contributed by atoms with van der Waals surface area (Å²) < 4.78 is 27.9. The van der Waals surface area contributed by atoms with E-state index in [4.69, 9.17) is 23.2 Å². The maximum Gasteiger partial charge on any atom is 0.294 e. The first kappa shape index (κ1) is 20.3. The summed E-state index contributed by atoms with van der Waals surface area (Å²) in [6.45, 7) is 1.65. The number of benzene rings is 2. The van der Waals surface area contributed by atoms with Crippen molar-refractivity contribution in [2.75, 3.05) is 0 Å². The van der Waals surface area contributed by atoms with Crippen LogP contribution in [0.4, 0.5) is 5.69 Å². The summed E-state index contributed by atoms with van der Waals surface area (Å²) in [6.07, 6.45) is 2.55. The molecule has 0 fully saturated rings. The zero-order valence-corrected chi connectivity index (χ0v) is 17.6. The lowest BCUT2D eigenvalue weighted by Gasteiger charge is -2.10. The molecule has 0 N–H and O–H groups in total. The minimum Gasteiger partial charge on any atom is -0.258 e. The number of nitrogens with zero attached hydrogens (tertiary/aromatic N) is 4. The Morgan fingerprint density at radius 2 is 1.83 bits per heavy atom. The first-order chi connectivity index (χ1) is 14.2. The van der Waals surface area contributed by atoms with Gasteiger partial charge in [0.05, 0.1) is 26.7 Å². The zero-order chi connectivity index (χ0) is 21.6. The molecule has 0 unspecified atom stereocenters. The van der Waals surface area contributed by atoms with Gasteiger partial charge in [-0.05, 0) is 30.2 Å². The number of hydrogen-bond acceptors (Lipinski definition) is 6. The van der Waals surface area contributed by atoms with Gasteiger partial charge in [-0.2, -0.15) is 0 Å². The molecule has 0 atom stereocenters. The van der Waals surface area contributed by atoms with Crippen molar-refractivity contribution in [1.82, 2.24) is 13.9 Å². The number of nitro benzene ring substituents is 1. The van der Waals surface area contributed by atoms with Crippen LogP contribution in [0.2, 0.25) is 10.3 Å². The maximum absolute atomic E-state index is 13.5. The van der Waals surface area contributed by atoms with Crippen molar-refractivity contribution in [1.29, 1.82) is 0 Å². The largest absolute Gasteiger partial charge is 0.294 e. The molecule has 0 spiro atoms. The van der Waals surface area contributed by atoms with E-state index >= 15 is 0 Å². The van der Waals surface area contributed by atoms with E-state index < -0.39 is 14.9 Å². The maximum atomic E-state index is 13.5. The van der Waals surface area contributed by atoms with Gasteiger partial charge < -0.3 is 0 Å². The molecule has 0 aliphatic rings. The number of para-hydroxylation sites is 1. The Kier molecular flexibility index (Phi) is 4.97. The van der Waals surface area contributed by atoms with Crippen molar-refractivity contribution in [3.05, 3.63) is 80.8 Å². The Morgan fingerprint density at radius 3 is 2.53 bits per heavy atom. The molecule has 0 aliphatic heterocycles. The van der Waals surface area contributed by atoms with Crippen LogP contribution in [-0.2, 0) is 10.0 Å². The topological polar surface area (TPSA) is 108 Å². The molecular weight excluding hydrogens is 451 g/mol. The smallest absolute Gasteiger partial charge is 0.258 e. The first-order valence-electron chi connectivity index (χ1n) is 8.50. The number of non-ortho nitro benzene ring substituents is 1. The Balaban J connectivity index is 2.15. The average molecular weight is 463 g/mol. The predicted octanol–water partition coefficient (Wildman–Crippen LogP) is 4.86. The number of nitro groups is 1. The molecule has 0 amide bonds. The number of rotatable bonds is 4. The SMILES string of the molecule is Cc1ccccc1S(=O)(=O)n1cc(-c2nc(Cl)ncc2Cl)c2cccc([N+](=O)[O-])c21. The number of aryl methyl sites for hydroxylation is 1. The molecular formula is C19H12Cl2N4O4S. The minimum atomic E-state index is -4.17. The molecule has 0 radical (unpaired) electrons. The van der Waals surface area contributed by atoms with Crippen LogP contribution in [0.3, 0.4) is 0 Å². The van der Waals surface area contributed by atoms with Gasteiger partial charge in [0, 0.05) is 23.2 Å². The highest BCUT2D eigenvalue weighted by Gasteiger charge is 2.29. The predicted molar refractivity (Wildman–Crippen MR) is 113 cm³/mol. The second kappa shape index (κ2) is 7.35. The summed E-state index contributed by atoms with van der Waals surface area (Å²) >= 11 is 12.1. The Bertz CT molecular complexity index is 1430. The van der Waals surface area contributed by atoms with Crippen molar-refractivity contribution >= 4 is 49.8 Å². The Hall–Kier alpha value is -3.01. The van der Waals surface area contributed by atoms with Crippen molar-refractivity contribution in [3.8, 4) is 11.3 Å². The molecule has 2 aromatic carbocycles. The van der Waals surface area contributed by atoms with E-state index in [1.165, 1.54) is 30.6 Å². The van der Waals surface area contributed by atoms with E-state index in [0.29, 0.717) is 5.56 Å². The summed E-state index contributed by atoms with van der Waals surface area (Å²) in [5.41, 5.74) is 0.488. The normalized spacial score (nSPS) is 11.7. The molecule has 4 aromatic rings. The van der Waals surface area contributed by atoms with Gasteiger partial charge in [0.25, 0.3) is 15.7 Å². The standard InChI is InChI=1S/C19H12Cl2N4O4S/c1-11-5-2-3-8-16(11)30(28,29)24-10-13(17-14(20)9-22-19(21)23-17)12-6-4-7-15(18(12)24)25(26)27/h2-10H,1H3. The van der Waals surface area contributed by atoms with Crippen LogP contribution in [-0.4, -0.2) is 27.3 Å². The lowest BCUT2D eigenvalue weighted by atomic mass is 10.1. The molecule has 30 heavy (non-hydrogen) atoms. The van der Waals surface area contributed by atoms with Gasteiger partial charge in [0.2, 0.25) is 5.28 Å². The van der Waals surface area contributed by atoms with Gasteiger partial charge in [-0.3, -0.25) is 10.1 Å². The van der Waals surface area contributed by atoms with E-state index in [1.807, 2.05) is 0 Å². The van der Waals surface area contributed by atoms with Crippen LogP contribution in [0.25, 0.3) is 22.2 Å². The zero-order valence-electron chi connectivity index (χ0n) is 15.3. The molecule has 0 bridgehead atoms. The van der Waals surface area contributed by atoms with Crippen LogP contribution >= 0.6 is 23.2 Å². The third-order valence-electron chi connectivity index (χ3n) is 4.57. The first-order valence-corrected chi connectivity index (χ1v) is 10.7. The monoisotopic (exact) mass is 462 g/mol. The van der Waals surface area contributed by atoms with Crippen LogP contribution in [0.1, 0.15) is 5.56 Å². The van der Waals surface area contributed by atoms with Crippen LogP contribution in [0, 0.1) is 17.0 Å². The van der Waals surface area contributed by atoms with Gasteiger partial charge >= 0.3 is 0 Å². The van der Waals surface area contributed by atoms with Gasteiger partial charge in [0.1, 0.15) is 5.52 Å². The summed E-state index contributed by atoms with van der Waals surface area (Å²) in [5.74, 6) is 0. The third kappa shape index (κ3) is 3.20. The highest BCUT2D eigenvalue weighted by Crippen LogP contribution is 2.39. The minimum absolute atomic E-state index is 0.0263.